The average molecular weight is 388 g/mol. The van der Waals surface area contributed by atoms with E-state index in [1.807, 2.05) is 47.4 Å². The molecule has 0 bridgehead atoms. The van der Waals surface area contributed by atoms with Gasteiger partial charge >= 0.3 is 0 Å². The van der Waals surface area contributed by atoms with Gasteiger partial charge < -0.3 is 9.64 Å². The lowest BCUT2D eigenvalue weighted by atomic mass is 10.1. The molecule has 1 unspecified atom stereocenters. The van der Waals surface area contributed by atoms with E-state index in [9.17, 15) is 9.59 Å². The highest BCUT2D eigenvalue weighted by Crippen LogP contribution is 2.34. The van der Waals surface area contributed by atoms with Crippen molar-refractivity contribution in [1.29, 1.82) is 0 Å². The van der Waals surface area contributed by atoms with Gasteiger partial charge in [0.2, 0.25) is 5.91 Å². The molecule has 0 N–H and O–H groups in total. The van der Waals surface area contributed by atoms with E-state index in [4.69, 9.17) is 4.74 Å². The quantitative estimate of drug-likeness (QED) is 0.409. The lowest BCUT2D eigenvalue weighted by molar-refractivity contribution is -0.129. The van der Waals surface area contributed by atoms with Crippen LogP contribution in [0.2, 0.25) is 0 Å². The van der Waals surface area contributed by atoms with Crippen LogP contribution < -0.4 is 4.74 Å². The van der Waals surface area contributed by atoms with Gasteiger partial charge in [-0.05, 0) is 12.1 Å². The van der Waals surface area contributed by atoms with Gasteiger partial charge in [0.15, 0.2) is 5.78 Å². The van der Waals surface area contributed by atoms with Gasteiger partial charge in [-0.1, -0.05) is 42.5 Å². The molecule has 0 radical (unpaired) electrons. The number of rotatable bonds is 7. The van der Waals surface area contributed by atoms with E-state index >= 15 is 0 Å². The Morgan fingerprint density at radius 2 is 1.88 bits per heavy atom. The largest absolute Gasteiger partial charge is 0.496 e. The average Bonchev–Trinajstić information content (AvgIpc) is 3.16. The van der Waals surface area contributed by atoms with Crippen LogP contribution in [0.15, 0.2) is 59.5 Å². The van der Waals surface area contributed by atoms with Gasteiger partial charge in [0.1, 0.15) is 5.75 Å². The van der Waals surface area contributed by atoms with Crippen molar-refractivity contribution in [3.05, 3.63) is 60.2 Å². The Labute approximate surface area is 162 Å². The summed E-state index contributed by atoms with van der Waals surface area (Å²) in [5.74, 6) is 2.31. The minimum absolute atomic E-state index is 0.0690. The number of hydrogen-bond acceptors (Lipinski definition) is 5. The van der Waals surface area contributed by atoms with Crippen LogP contribution in [0.5, 0.6) is 5.75 Å². The van der Waals surface area contributed by atoms with Crippen LogP contribution in [0, 0.1) is 0 Å². The molecular weight excluding hydrogens is 366 g/mol. The number of thioether (sulfide) groups is 2. The Hall–Kier alpha value is -1.92. The van der Waals surface area contributed by atoms with Crippen LogP contribution in [0.3, 0.4) is 0 Å². The fourth-order valence-corrected chi connectivity index (χ4v) is 5.35. The molecule has 4 nitrogen and oxygen atoms in total. The molecule has 1 aliphatic heterocycles. The van der Waals surface area contributed by atoms with E-state index in [0.29, 0.717) is 12.1 Å². The highest BCUT2D eigenvalue weighted by Gasteiger charge is 2.30. The molecule has 1 fully saturated rings. The predicted octanol–water partition coefficient (Wildman–Crippen LogP) is 3.96. The zero-order valence-corrected chi connectivity index (χ0v) is 16.2. The van der Waals surface area contributed by atoms with E-state index in [1.54, 1.807) is 42.8 Å². The fraction of sp³-hybridized carbons (Fsp3) is 0.300. The van der Waals surface area contributed by atoms with Crippen molar-refractivity contribution in [1.82, 2.24) is 4.90 Å². The van der Waals surface area contributed by atoms with Gasteiger partial charge in [-0.25, -0.2) is 0 Å². The summed E-state index contributed by atoms with van der Waals surface area (Å²) in [4.78, 5) is 27.8. The number of para-hydroxylation sites is 1. The summed E-state index contributed by atoms with van der Waals surface area (Å²) in [6, 6.07) is 16.9. The summed E-state index contributed by atoms with van der Waals surface area (Å²) < 4.78 is 5.38. The van der Waals surface area contributed by atoms with E-state index < -0.39 is 0 Å². The smallest absolute Gasteiger partial charge is 0.231 e. The number of amides is 1. The van der Waals surface area contributed by atoms with Crippen LogP contribution in [-0.4, -0.2) is 47.1 Å². The van der Waals surface area contributed by atoms with Crippen molar-refractivity contribution in [2.45, 2.75) is 16.7 Å². The van der Waals surface area contributed by atoms with Gasteiger partial charge in [-0.15, -0.1) is 23.5 Å². The second-order valence-corrected chi connectivity index (χ2v) is 8.19. The minimum Gasteiger partial charge on any atom is -0.496 e. The van der Waals surface area contributed by atoms with E-state index in [-0.39, 0.29) is 23.5 Å². The topological polar surface area (TPSA) is 46.6 Å². The molecular formula is C20H21NO3S2. The third kappa shape index (κ3) is 4.62. The molecule has 1 aliphatic rings. The zero-order valence-electron chi connectivity index (χ0n) is 14.6. The Bertz CT molecular complexity index is 767. The van der Waals surface area contributed by atoms with Crippen LogP contribution in [0.4, 0.5) is 0 Å². The van der Waals surface area contributed by atoms with Gasteiger partial charge in [0, 0.05) is 28.5 Å². The third-order valence-corrected chi connectivity index (χ3v) is 6.73. The number of carbonyl (C=O) groups excluding carboxylic acids is 2. The lowest BCUT2D eigenvalue weighted by Crippen LogP contribution is -2.37. The molecule has 0 spiro atoms. The summed E-state index contributed by atoms with van der Waals surface area (Å²) in [6.45, 7) is 0.697. The molecule has 6 heteroatoms. The van der Waals surface area contributed by atoms with Crippen molar-refractivity contribution < 1.29 is 14.3 Å². The molecule has 2 aromatic rings. The summed E-state index contributed by atoms with van der Waals surface area (Å²) in [6.07, 6.45) is -0.0690. The number of ether oxygens (including phenoxy) is 1. The first-order chi connectivity index (χ1) is 12.7. The maximum Gasteiger partial charge on any atom is 0.231 e. The van der Waals surface area contributed by atoms with E-state index in [0.717, 1.165) is 22.2 Å². The second kappa shape index (κ2) is 9.14. The second-order valence-electron chi connectivity index (χ2n) is 5.84. The number of nitrogens with zero attached hydrogens (tertiary/aromatic N) is 1. The SMILES string of the molecule is COc1ccccc1SCC1SCCN1C(=O)CC(=O)c1ccccc1. The van der Waals surface area contributed by atoms with Crippen molar-refractivity contribution in [3.8, 4) is 5.75 Å². The van der Waals surface area contributed by atoms with E-state index in [2.05, 4.69) is 0 Å². The number of methoxy groups -OCH3 is 1. The molecule has 136 valence electrons. The first-order valence-electron chi connectivity index (χ1n) is 8.44. The van der Waals surface area contributed by atoms with Crippen LogP contribution in [-0.2, 0) is 4.79 Å². The molecule has 1 amide bonds. The van der Waals surface area contributed by atoms with Gasteiger partial charge in [-0.2, -0.15) is 0 Å². The molecule has 0 aromatic heterocycles. The van der Waals surface area contributed by atoms with E-state index in [1.165, 1.54) is 0 Å². The maximum atomic E-state index is 12.6. The van der Waals surface area contributed by atoms with Crippen molar-refractivity contribution in [2.75, 3.05) is 25.2 Å². The molecule has 3 rings (SSSR count). The van der Waals surface area contributed by atoms with Gasteiger partial charge in [0.25, 0.3) is 0 Å². The van der Waals surface area contributed by atoms with Gasteiger partial charge in [-0.3, -0.25) is 9.59 Å². The monoisotopic (exact) mass is 387 g/mol. The highest BCUT2D eigenvalue weighted by molar-refractivity contribution is 8.03. The van der Waals surface area contributed by atoms with Crippen molar-refractivity contribution in [3.63, 3.8) is 0 Å². The number of ketones is 1. The summed E-state index contributed by atoms with van der Waals surface area (Å²) >= 11 is 3.45. The van der Waals surface area contributed by atoms with Crippen molar-refractivity contribution >= 4 is 35.2 Å². The third-order valence-electron chi connectivity index (χ3n) is 4.17. The minimum atomic E-state index is -0.122. The Morgan fingerprint density at radius 3 is 2.65 bits per heavy atom. The molecule has 26 heavy (non-hydrogen) atoms. The normalized spacial score (nSPS) is 16.5. The summed E-state index contributed by atoms with van der Waals surface area (Å²) in [7, 11) is 1.66. The first kappa shape index (κ1) is 18.9. The standard InChI is InChI=1S/C20H21NO3S2/c1-24-17-9-5-6-10-18(17)26-14-20-21(11-12-25-20)19(23)13-16(22)15-7-3-2-4-8-15/h2-10,20H,11-14H2,1H3. The van der Waals surface area contributed by atoms with Crippen molar-refractivity contribution in [2.24, 2.45) is 0 Å². The Balaban J connectivity index is 1.59. The Morgan fingerprint density at radius 1 is 1.15 bits per heavy atom. The lowest BCUT2D eigenvalue weighted by Gasteiger charge is -2.23. The summed E-state index contributed by atoms with van der Waals surface area (Å²) in [5.41, 5.74) is 0.590. The Kier molecular flexibility index (Phi) is 6.63. The predicted molar refractivity (Wildman–Crippen MR) is 107 cm³/mol. The maximum absolute atomic E-state index is 12.6. The first-order valence-corrected chi connectivity index (χ1v) is 10.5. The van der Waals surface area contributed by atoms with Crippen LogP contribution in [0.1, 0.15) is 16.8 Å². The zero-order chi connectivity index (χ0) is 18.4. The molecule has 0 saturated carbocycles. The molecule has 2 aromatic carbocycles. The summed E-state index contributed by atoms with van der Waals surface area (Å²) in [5, 5.41) is 0.0842. The number of Topliss-reactive ketones (excluding diaryl/α,β-unsaturated/α-hetero) is 1. The van der Waals surface area contributed by atoms with Crippen LogP contribution >= 0.6 is 23.5 Å². The van der Waals surface area contributed by atoms with Crippen LogP contribution in [0.25, 0.3) is 0 Å². The number of hydrogen-bond donors (Lipinski definition) is 0. The molecule has 1 saturated heterocycles. The highest BCUT2D eigenvalue weighted by atomic mass is 32.2. The van der Waals surface area contributed by atoms with Gasteiger partial charge in [0.05, 0.1) is 18.9 Å². The molecule has 0 aliphatic carbocycles. The number of benzene rings is 2. The number of carbonyl (C=O) groups is 2. The molecule has 1 heterocycles. The fourth-order valence-electron chi connectivity index (χ4n) is 2.81. The molecule has 1 atom stereocenters.